The zero-order valence-corrected chi connectivity index (χ0v) is 11.6. The summed E-state index contributed by atoms with van der Waals surface area (Å²) in [6, 6.07) is 0. The molecule has 0 aromatic heterocycles. The summed E-state index contributed by atoms with van der Waals surface area (Å²) in [4.78, 5) is 11.9. The number of carbonyl (C=O) groups is 1. The average molecular weight is 253 g/mol. The van der Waals surface area contributed by atoms with Gasteiger partial charge in [-0.3, -0.25) is 4.79 Å². The Morgan fingerprint density at radius 1 is 1.22 bits per heavy atom. The van der Waals surface area contributed by atoms with Crippen LogP contribution in [0.3, 0.4) is 0 Å². The van der Waals surface area contributed by atoms with Gasteiger partial charge in [-0.2, -0.15) is 0 Å². The summed E-state index contributed by atoms with van der Waals surface area (Å²) in [5.74, 6) is 1.15. The minimum atomic E-state index is -0.639. The highest BCUT2D eigenvalue weighted by molar-refractivity contribution is 5.78. The van der Waals surface area contributed by atoms with Crippen LogP contribution in [-0.2, 0) is 4.79 Å². The number of hydrogen-bond donors (Lipinski definition) is 2. The van der Waals surface area contributed by atoms with E-state index >= 15 is 0 Å². The molecule has 0 bridgehead atoms. The first kappa shape index (κ1) is 13.9. The summed E-state index contributed by atoms with van der Waals surface area (Å²) in [5, 5.41) is 13.4. The fourth-order valence-electron chi connectivity index (χ4n) is 3.38. The predicted molar refractivity (Wildman–Crippen MR) is 72.2 cm³/mol. The predicted octanol–water partition coefficient (Wildman–Crippen LogP) is 2.62. The van der Waals surface area contributed by atoms with Crippen molar-refractivity contribution in [2.75, 3.05) is 6.54 Å². The molecule has 2 N–H and O–H groups in total. The molecule has 3 nitrogen and oxygen atoms in total. The third-order valence-electron chi connectivity index (χ3n) is 4.93. The van der Waals surface area contributed by atoms with E-state index in [1.54, 1.807) is 0 Å². The first-order chi connectivity index (χ1) is 8.63. The summed E-state index contributed by atoms with van der Waals surface area (Å²) in [6.07, 6.45) is 9.53. The van der Waals surface area contributed by atoms with Gasteiger partial charge in [-0.1, -0.05) is 26.2 Å². The van der Waals surface area contributed by atoms with E-state index < -0.39 is 5.60 Å². The maximum atomic E-state index is 11.9. The molecule has 2 rings (SSSR count). The maximum Gasteiger partial charge on any atom is 0.223 e. The first-order valence-corrected chi connectivity index (χ1v) is 7.63. The molecule has 2 saturated carbocycles. The lowest BCUT2D eigenvalue weighted by atomic mass is 9.78. The van der Waals surface area contributed by atoms with E-state index in [2.05, 4.69) is 12.2 Å². The normalized spacial score (nSPS) is 33.6. The van der Waals surface area contributed by atoms with Crippen molar-refractivity contribution in [1.29, 1.82) is 0 Å². The van der Waals surface area contributed by atoms with Gasteiger partial charge in [0.1, 0.15) is 0 Å². The van der Waals surface area contributed by atoms with Crippen molar-refractivity contribution in [3.05, 3.63) is 0 Å². The molecule has 104 valence electrons. The Morgan fingerprint density at radius 2 is 1.83 bits per heavy atom. The van der Waals surface area contributed by atoms with Crippen LogP contribution in [-0.4, -0.2) is 23.2 Å². The van der Waals surface area contributed by atoms with E-state index in [0.29, 0.717) is 6.54 Å². The summed E-state index contributed by atoms with van der Waals surface area (Å²) in [5.41, 5.74) is -0.639. The lowest BCUT2D eigenvalue weighted by Gasteiger charge is -2.36. The third kappa shape index (κ3) is 3.47. The topological polar surface area (TPSA) is 49.3 Å². The average Bonchev–Trinajstić information content (AvgIpc) is 2.91. The zero-order chi connectivity index (χ0) is 13.0. The second-order valence-corrected chi connectivity index (χ2v) is 6.28. The van der Waals surface area contributed by atoms with Crippen LogP contribution >= 0.6 is 0 Å². The van der Waals surface area contributed by atoms with Gasteiger partial charge < -0.3 is 10.4 Å². The van der Waals surface area contributed by atoms with E-state index in [9.17, 15) is 9.90 Å². The van der Waals surface area contributed by atoms with Crippen LogP contribution in [0, 0.1) is 11.8 Å². The minimum Gasteiger partial charge on any atom is -0.388 e. The number of hydrogen-bond acceptors (Lipinski definition) is 2. The molecule has 2 aliphatic carbocycles. The Balaban J connectivity index is 1.73. The SMILES string of the molecule is CCC1CCC(O)(CNC(=O)C2CCCC2)CC1. The molecular formula is C15H27NO2. The third-order valence-corrected chi connectivity index (χ3v) is 4.93. The monoisotopic (exact) mass is 253 g/mol. The van der Waals surface area contributed by atoms with Gasteiger partial charge in [-0.15, -0.1) is 0 Å². The molecule has 3 heteroatoms. The molecule has 0 aromatic carbocycles. The fourth-order valence-corrected chi connectivity index (χ4v) is 3.38. The highest BCUT2D eigenvalue weighted by Crippen LogP contribution is 2.33. The lowest BCUT2D eigenvalue weighted by molar-refractivity contribution is -0.126. The molecule has 0 spiro atoms. The van der Waals surface area contributed by atoms with Crippen LogP contribution in [0.5, 0.6) is 0 Å². The Morgan fingerprint density at radius 3 is 2.39 bits per heavy atom. The molecule has 0 saturated heterocycles. The van der Waals surface area contributed by atoms with Crippen molar-refractivity contribution in [2.45, 2.75) is 70.3 Å². The number of nitrogens with one attached hydrogen (secondary N) is 1. The lowest BCUT2D eigenvalue weighted by Crippen LogP contribution is -2.46. The van der Waals surface area contributed by atoms with Gasteiger partial charge in [0.15, 0.2) is 0 Å². The van der Waals surface area contributed by atoms with E-state index in [0.717, 1.165) is 44.4 Å². The molecule has 2 fully saturated rings. The molecular weight excluding hydrogens is 226 g/mol. The molecule has 0 aromatic rings. The van der Waals surface area contributed by atoms with Crippen molar-refractivity contribution in [3.8, 4) is 0 Å². The molecule has 0 radical (unpaired) electrons. The van der Waals surface area contributed by atoms with Gasteiger partial charge in [0.25, 0.3) is 0 Å². The quantitative estimate of drug-likeness (QED) is 0.809. The molecule has 0 unspecified atom stereocenters. The Kier molecular flexibility index (Phi) is 4.66. The fraction of sp³-hybridized carbons (Fsp3) is 0.933. The first-order valence-electron chi connectivity index (χ1n) is 7.63. The van der Waals surface area contributed by atoms with Gasteiger partial charge in [-0.25, -0.2) is 0 Å². The molecule has 2 aliphatic rings. The van der Waals surface area contributed by atoms with Gasteiger partial charge in [0.05, 0.1) is 5.60 Å². The smallest absolute Gasteiger partial charge is 0.223 e. The summed E-state index contributed by atoms with van der Waals surface area (Å²) >= 11 is 0. The van der Waals surface area contributed by atoms with Crippen LogP contribution in [0.25, 0.3) is 0 Å². The van der Waals surface area contributed by atoms with Crippen molar-refractivity contribution >= 4 is 5.91 Å². The van der Waals surface area contributed by atoms with Crippen molar-refractivity contribution < 1.29 is 9.90 Å². The molecule has 0 atom stereocenters. The van der Waals surface area contributed by atoms with E-state index in [1.165, 1.54) is 19.3 Å². The molecule has 0 heterocycles. The van der Waals surface area contributed by atoms with Crippen LogP contribution in [0.4, 0.5) is 0 Å². The second-order valence-electron chi connectivity index (χ2n) is 6.28. The molecule has 0 aliphatic heterocycles. The van der Waals surface area contributed by atoms with Crippen molar-refractivity contribution in [1.82, 2.24) is 5.32 Å². The van der Waals surface area contributed by atoms with Gasteiger partial charge >= 0.3 is 0 Å². The summed E-state index contributed by atoms with van der Waals surface area (Å²) in [6.45, 7) is 2.68. The highest BCUT2D eigenvalue weighted by Gasteiger charge is 2.33. The van der Waals surface area contributed by atoms with Crippen LogP contribution in [0.2, 0.25) is 0 Å². The van der Waals surface area contributed by atoms with Crippen LogP contribution < -0.4 is 5.32 Å². The van der Waals surface area contributed by atoms with E-state index in [1.807, 2.05) is 0 Å². The van der Waals surface area contributed by atoms with Crippen LogP contribution in [0.1, 0.15) is 64.7 Å². The van der Waals surface area contributed by atoms with Gasteiger partial charge in [0.2, 0.25) is 5.91 Å². The Bertz CT molecular complexity index is 276. The standard InChI is InChI=1S/C15H27NO2/c1-2-12-7-9-15(18,10-8-12)11-16-14(17)13-5-3-4-6-13/h12-13,18H,2-11H2,1H3,(H,16,17). The number of amides is 1. The minimum absolute atomic E-state index is 0.165. The van der Waals surface area contributed by atoms with E-state index in [-0.39, 0.29) is 11.8 Å². The summed E-state index contributed by atoms with van der Waals surface area (Å²) < 4.78 is 0. The Labute approximate surface area is 110 Å². The highest BCUT2D eigenvalue weighted by atomic mass is 16.3. The van der Waals surface area contributed by atoms with E-state index in [4.69, 9.17) is 0 Å². The summed E-state index contributed by atoms with van der Waals surface area (Å²) in [7, 11) is 0. The van der Waals surface area contributed by atoms with Crippen molar-refractivity contribution in [3.63, 3.8) is 0 Å². The van der Waals surface area contributed by atoms with Crippen molar-refractivity contribution in [2.24, 2.45) is 11.8 Å². The Hall–Kier alpha value is -0.570. The number of aliphatic hydroxyl groups is 1. The largest absolute Gasteiger partial charge is 0.388 e. The number of rotatable bonds is 4. The second kappa shape index (κ2) is 6.05. The van der Waals surface area contributed by atoms with Gasteiger partial charge in [0, 0.05) is 12.5 Å². The zero-order valence-electron chi connectivity index (χ0n) is 11.6. The molecule has 18 heavy (non-hydrogen) atoms. The van der Waals surface area contributed by atoms with Gasteiger partial charge in [-0.05, 0) is 44.4 Å². The number of carbonyl (C=O) groups excluding carboxylic acids is 1. The maximum absolute atomic E-state index is 11.9. The molecule has 1 amide bonds. The van der Waals surface area contributed by atoms with Crippen LogP contribution in [0.15, 0.2) is 0 Å².